The van der Waals surface area contributed by atoms with Crippen molar-refractivity contribution in [3.05, 3.63) is 36.0 Å². The van der Waals surface area contributed by atoms with Crippen LogP contribution >= 0.6 is 0 Å². The zero-order chi connectivity index (χ0) is 25.3. The number of aromatic amines is 1. The van der Waals surface area contributed by atoms with Crippen LogP contribution in [0.25, 0.3) is 10.9 Å². The van der Waals surface area contributed by atoms with E-state index in [0.29, 0.717) is 0 Å². The van der Waals surface area contributed by atoms with Gasteiger partial charge >= 0.3 is 5.97 Å². The van der Waals surface area contributed by atoms with Crippen LogP contribution in [-0.4, -0.2) is 76.1 Å². The fourth-order valence-electron chi connectivity index (χ4n) is 3.27. The van der Waals surface area contributed by atoms with Gasteiger partial charge in [-0.25, -0.2) is 4.79 Å². The largest absolute Gasteiger partial charge is 0.480 e. The number of aliphatic carboxylic acids is 1. The van der Waals surface area contributed by atoms with E-state index in [2.05, 4.69) is 20.9 Å². The number of carboxylic acid groups (broad SMARTS) is 1. The number of benzene rings is 1. The van der Waals surface area contributed by atoms with Crippen LogP contribution in [0.2, 0.25) is 0 Å². The SMILES string of the molecule is NCC(=O)NC(Cc1c[nH]c2ccccc12)C(=O)NC(CO)C(=O)NC(CCC(N)=O)C(=O)O. The summed E-state index contributed by atoms with van der Waals surface area (Å²) >= 11 is 0. The van der Waals surface area contributed by atoms with Gasteiger partial charge in [0.1, 0.15) is 18.1 Å². The molecule has 3 atom stereocenters. The monoisotopic (exact) mass is 476 g/mol. The molecule has 0 bridgehead atoms. The van der Waals surface area contributed by atoms with Crippen LogP contribution in [-0.2, 0) is 30.4 Å². The maximum absolute atomic E-state index is 12.9. The lowest BCUT2D eigenvalue weighted by atomic mass is 10.0. The third kappa shape index (κ3) is 7.28. The molecule has 0 spiro atoms. The van der Waals surface area contributed by atoms with Crippen LogP contribution in [0.5, 0.6) is 0 Å². The second-order valence-corrected chi connectivity index (χ2v) is 7.54. The molecule has 10 N–H and O–H groups in total. The van der Waals surface area contributed by atoms with Crippen molar-refractivity contribution in [3.63, 3.8) is 0 Å². The van der Waals surface area contributed by atoms with Crippen molar-refractivity contribution < 1.29 is 34.2 Å². The van der Waals surface area contributed by atoms with E-state index in [1.54, 1.807) is 6.20 Å². The second-order valence-electron chi connectivity index (χ2n) is 7.54. The van der Waals surface area contributed by atoms with Gasteiger partial charge in [-0.15, -0.1) is 0 Å². The van der Waals surface area contributed by atoms with Crippen molar-refractivity contribution in [3.8, 4) is 0 Å². The van der Waals surface area contributed by atoms with Gasteiger partial charge < -0.3 is 42.6 Å². The molecule has 0 saturated carbocycles. The summed E-state index contributed by atoms with van der Waals surface area (Å²) in [5.74, 6) is -4.54. The smallest absolute Gasteiger partial charge is 0.326 e. The molecule has 0 aliphatic carbocycles. The number of rotatable bonds is 13. The summed E-state index contributed by atoms with van der Waals surface area (Å²) in [6.07, 6.45) is 1.19. The Balaban J connectivity index is 2.14. The third-order valence-electron chi connectivity index (χ3n) is 5.05. The number of carbonyl (C=O) groups is 5. The van der Waals surface area contributed by atoms with Gasteiger partial charge in [0.05, 0.1) is 13.2 Å². The van der Waals surface area contributed by atoms with E-state index < -0.39 is 54.3 Å². The number of H-pyrrole nitrogens is 1. The van der Waals surface area contributed by atoms with E-state index in [0.717, 1.165) is 16.5 Å². The maximum atomic E-state index is 12.9. The standard InChI is InChI=1S/C21H28N6O7/c22-8-18(30)25-15(7-11-9-24-13-4-2-1-3-12(11)13)19(31)27-16(10-28)20(32)26-14(21(33)34)5-6-17(23)29/h1-4,9,14-16,24,28H,5-8,10,22H2,(H2,23,29)(H,25,30)(H,26,32)(H,27,31)(H,33,34). The zero-order valence-electron chi connectivity index (χ0n) is 18.2. The number of aliphatic hydroxyl groups is 1. The summed E-state index contributed by atoms with van der Waals surface area (Å²) in [5, 5.41) is 26.6. The lowest BCUT2D eigenvalue weighted by Gasteiger charge is -2.23. The molecule has 0 fully saturated rings. The number of fused-ring (bicyclic) bond motifs is 1. The zero-order valence-corrected chi connectivity index (χ0v) is 18.2. The summed E-state index contributed by atoms with van der Waals surface area (Å²) in [4.78, 5) is 62.6. The Kier molecular flexibility index (Phi) is 9.52. The topological polar surface area (TPSA) is 230 Å². The summed E-state index contributed by atoms with van der Waals surface area (Å²) < 4.78 is 0. The Labute approximate surface area is 194 Å². The second kappa shape index (κ2) is 12.3. The Hall–Kier alpha value is -3.97. The predicted molar refractivity (Wildman–Crippen MR) is 120 cm³/mol. The van der Waals surface area contributed by atoms with Gasteiger partial charge in [0.2, 0.25) is 23.6 Å². The van der Waals surface area contributed by atoms with Crippen LogP contribution in [0.4, 0.5) is 0 Å². The first-order chi connectivity index (χ1) is 16.2. The minimum Gasteiger partial charge on any atom is -0.480 e. The minimum absolute atomic E-state index is 0.0533. The summed E-state index contributed by atoms with van der Waals surface area (Å²) in [6.45, 7) is -1.22. The van der Waals surface area contributed by atoms with Gasteiger partial charge in [0.15, 0.2) is 0 Å². The number of nitrogens with one attached hydrogen (secondary N) is 4. The van der Waals surface area contributed by atoms with Crippen LogP contribution in [0.3, 0.4) is 0 Å². The Morgan fingerprint density at radius 3 is 2.24 bits per heavy atom. The normalized spacial score (nSPS) is 13.5. The first kappa shape index (κ1) is 26.3. The minimum atomic E-state index is -1.51. The molecular formula is C21H28N6O7. The maximum Gasteiger partial charge on any atom is 0.326 e. The quantitative estimate of drug-likeness (QED) is 0.153. The number of para-hydroxylation sites is 1. The van der Waals surface area contributed by atoms with Gasteiger partial charge in [-0.1, -0.05) is 18.2 Å². The number of nitrogens with two attached hydrogens (primary N) is 2. The molecule has 1 heterocycles. The summed E-state index contributed by atoms with van der Waals surface area (Å²) in [7, 11) is 0. The number of aromatic nitrogens is 1. The fourth-order valence-corrected chi connectivity index (χ4v) is 3.27. The molecular weight excluding hydrogens is 448 g/mol. The molecule has 1 aromatic heterocycles. The highest BCUT2D eigenvalue weighted by molar-refractivity contribution is 5.94. The van der Waals surface area contributed by atoms with E-state index in [4.69, 9.17) is 11.5 Å². The number of carboxylic acids is 1. The summed E-state index contributed by atoms with van der Waals surface area (Å²) in [5.41, 5.74) is 11.9. The first-order valence-corrected chi connectivity index (χ1v) is 10.4. The van der Waals surface area contributed by atoms with Crippen molar-refractivity contribution in [1.82, 2.24) is 20.9 Å². The molecule has 0 aliphatic heterocycles. The molecule has 2 aromatic rings. The van der Waals surface area contributed by atoms with E-state index >= 15 is 0 Å². The fraction of sp³-hybridized carbons (Fsp3) is 0.381. The number of amides is 4. The molecule has 0 radical (unpaired) electrons. The molecule has 0 saturated heterocycles. The number of primary amides is 1. The lowest BCUT2D eigenvalue weighted by molar-refractivity contribution is -0.143. The molecule has 3 unspecified atom stereocenters. The number of hydrogen-bond donors (Lipinski definition) is 8. The van der Waals surface area contributed by atoms with Crippen molar-refractivity contribution in [1.29, 1.82) is 0 Å². The average Bonchev–Trinajstić information content (AvgIpc) is 3.21. The van der Waals surface area contributed by atoms with Gasteiger partial charge in [0, 0.05) is 29.9 Å². The van der Waals surface area contributed by atoms with Crippen molar-refractivity contribution in [2.24, 2.45) is 11.5 Å². The van der Waals surface area contributed by atoms with Crippen molar-refractivity contribution in [2.45, 2.75) is 37.4 Å². The Morgan fingerprint density at radius 1 is 0.971 bits per heavy atom. The van der Waals surface area contributed by atoms with Crippen LogP contribution in [0.15, 0.2) is 30.5 Å². The Bertz CT molecular complexity index is 1050. The molecule has 1 aromatic carbocycles. The lowest BCUT2D eigenvalue weighted by Crippen LogP contribution is -2.57. The highest BCUT2D eigenvalue weighted by Gasteiger charge is 2.29. The number of hydrogen-bond acceptors (Lipinski definition) is 7. The molecule has 2 rings (SSSR count). The summed E-state index contributed by atoms with van der Waals surface area (Å²) in [6, 6.07) is 3.23. The predicted octanol–water partition coefficient (Wildman–Crippen LogP) is -2.53. The van der Waals surface area contributed by atoms with Crippen LogP contribution in [0, 0.1) is 0 Å². The molecule has 34 heavy (non-hydrogen) atoms. The third-order valence-corrected chi connectivity index (χ3v) is 5.05. The molecule has 13 nitrogen and oxygen atoms in total. The van der Waals surface area contributed by atoms with Crippen molar-refractivity contribution in [2.75, 3.05) is 13.2 Å². The van der Waals surface area contributed by atoms with Gasteiger partial charge in [-0.2, -0.15) is 0 Å². The van der Waals surface area contributed by atoms with E-state index in [1.165, 1.54) is 0 Å². The molecule has 184 valence electrons. The van der Waals surface area contributed by atoms with E-state index in [-0.39, 0.29) is 25.8 Å². The van der Waals surface area contributed by atoms with Crippen molar-refractivity contribution >= 4 is 40.5 Å². The highest BCUT2D eigenvalue weighted by Crippen LogP contribution is 2.19. The van der Waals surface area contributed by atoms with E-state index in [9.17, 15) is 34.2 Å². The van der Waals surface area contributed by atoms with Gasteiger partial charge in [-0.3, -0.25) is 19.2 Å². The van der Waals surface area contributed by atoms with Gasteiger partial charge in [-0.05, 0) is 18.1 Å². The molecule has 0 aliphatic rings. The van der Waals surface area contributed by atoms with Crippen LogP contribution < -0.4 is 27.4 Å². The Morgan fingerprint density at radius 2 is 1.62 bits per heavy atom. The molecule has 13 heteroatoms. The highest BCUT2D eigenvalue weighted by atomic mass is 16.4. The van der Waals surface area contributed by atoms with E-state index in [1.807, 2.05) is 24.3 Å². The van der Waals surface area contributed by atoms with Gasteiger partial charge in [0.25, 0.3) is 0 Å². The number of carbonyl (C=O) groups excluding carboxylic acids is 4. The first-order valence-electron chi connectivity index (χ1n) is 10.4. The number of aliphatic hydroxyl groups excluding tert-OH is 1. The molecule has 4 amide bonds. The van der Waals surface area contributed by atoms with Crippen LogP contribution in [0.1, 0.15) is 18.4 Å². The average molecular weight is 476 g/mol.